The van der Waals surface area contributed by atoms with Gasteiger partial charge in [-0.2, -0.15) is 0 Å². The van der Waals surface area contributed by atoms with Gasteiger partial charge in [0.1, 0.15) is 0 Å². The lowest BCUT2D eigenvalue weighted by Gasteiger charge is -2.26. The molecule has 3 heteroatoms. The second-order valence-electron chi connectivity index (χ2n) is 16.3. The van der Waals surface area contributed by atoms with Gasteiger partial charge in [-0.25, -0.2) is 0 Å². The Morgan fingerprint density at radius 3 is 1.47 bits per heavy atom. The van der Waals surface area contributed by atoms with Crippen LogP contribution in [0.4, 0.5) is 17.1 Å². The molecule has 0 saturated carbocycles. The Hall–Kier alpha value is -6.94. The molecule has 0 aliphatic rings. The molecule has 0 spiro atoms. The van der Waals surface area contributed by atoms with Crippen LogP contribution in [0.3, 0.4) is 0 Å². The molecule has 0 fully saturated rings. The normalized spacial score (nSPS) is 11.7. The molecule has 0 bridgehead atoms. The van der Waals surface area contributed by atoms with Gasteiger partial charge in [0.15, 0.2) is 0 Å². The minimum absolute atomic E-state index is 1.12. The van der Waals surface area contributed by atoms with Gasteiger partial charge in [0, 0.05) is 33.5 Å². The second-order valence-corrected chi connectivity index (χ2v) is 21.4. The second kappa shape index (κ2) is 14.5. The average molecular weight is 761 g/mol. The van der Waals surface area contributed by atoms with Crippen LogP contribution in [0, 0.1) is 0 Å². The van der Waals surface area contributed by atoms with Crippen molar-refractivity contribution in [1.82, 2.24) is 4.57 Å². The van der Waals surface area contributed by atoms with Gasteiger partial charge < -0.3 is 9.47 Å². The topological polar surface area (TPSA) is 8.17 Å². The molecule has 0 saturated heterocycles. The van der Waals surface area contributed by atoms with E-state index in [-0.39, 0.29) is 0 Å². The number of para-hydroxylation sites is 2. The zero-order valence-electron chi connectivity index (χ0n) is 33.1. The average Bonchev–Trinajstić information content (AvgIpc) is 3.61. The molecule has 278 valence electrons. The lowest BCUT2D eigenvalue weighted by Crippen LogP contribution is -2.37. The standard InChI is InChI=1S/C55H44N2Si/c1-58(2,3)51-33-25-42(26-34-51)41-22-30-49(31-23-41)56(48-28-20-40(21-29-48)39-12-6-4-7-13-39)50-32-24-44-36-43(18-19-45(44)37-50)46-27-35-55-53(38-46)52-16-10-11-17-54(52)57(55)47-14-8-5-9-15-47/h4-38H,1-3H3. The van der Waals surface area contributed by atoms with Crippen molar-refractivity contribution >= 4 is 62.9 Å². The van der Waals surface area contributed by atoms with Crippen LogP contribution in [0.5, 0.6) is 0 Å². The maximum atomic E-state index is 2.40. The summed E-state index contributed by atoms with van der Waals surface area (Å²) in [6.07, 6.45) is 0. The number of hydrogen-bond acceptors (Lipinski definition) is 1. The van der Waals surface area contributed by atoms with Crippen molar-refractivity contribution in [3.8, 4) is 39.1 Å². The first kappa shape index (κ1) is 35.5. The summed E-state index contributed by atoms with van der Waals surface area (Å²) in [6, 6.07) is 77.8. The third-order valence-electron chi connectivity index (χ3n) is 11.5. The summed E-state index contributed by atoms with van der Waals surface area (Å²) in [5, 5.41) is 6.42. The SMILES string of the molecule is C[Si](C)(C)c1ccc(-c2ccc(N(c3ccc(-c4ccccc4)cc3)c3ccc4cc(-c5ccc6c(c5)c5ccccc5n6-c5ccccc5)ccc4c3)cc2)cc1. The van der Waals surface area contributed by atoms with Crippen molar-refractivity contribution in [2.45, 2.75) is 19.6 Å². The summed E-state index contributed by atoms with van der Waals surface area (Å²) in [5.41, 5.74) is 14.3. The van der Waals surface area contributed by atoms with Crippen molar-refractivity contribution in [2.75, 3.05) is 4.90 Å². The van der Waals surface area contributed by atoms with Crippen LogP contribution < -0.4 is 10.1 Å². The lowest BCUT2D eigenvalue weighted by atomic mass is 9.99. The van der Waals surface area contributed by atoms with Gasteiger partial charge in [-0.3, -0.25) is 0 Å². The molecular weight excluding hydrogens is 717 g/mol. The van der Waals surface area contributed by atoms with Gasteiger partial charge in [0.2, 0.25) is 0 Å². The fourth-order valence-electron chi connectivity index (χ4n) is 8.41. The summed E-state index contributed by atoms with van der Waals surface area (Å²) < 4.78 is 2.37. The highest BCUT2D eigenvalue weighted by molar-refractivity contribution is 6.88. The quantitative estimate of drug-likeness (QED) is 0.140. The highest BCUT2D eigenvalue weighted by Gasteiger charge is 2.18. The smallest absolute Gasteiger partial charge is 0.0775 e. The number of nitrogens with zero attached hydrogens (tertiary/aromatic N) is 2. The van der Waals surface area contributed by atoms with E-state index in [1.165, 1.54) is 76.8 Å². The van der Waals surface area contributed by atoms with Crippen molar-refractivity contribution in [3.63, 3.8) is 0 Å². The molecule has 0 radical (unpaired) electrons. The van der Waals surface area contributed by atoms with Crippen LogP contribution in [-0.2, 0) is 0 Å². The molecule has 10 rings (SSSR count). The Morgan fingerprint density at radius 2 is 0.810 bits per heavy atom. The third kappa shape index (κ3) is 6.60. The third-order valence-corrected chi connectivity index (χ3v) is 13.6. The Kier molecular flexibility index (Phi) is 8.89. The van der Waals surface area contributed by atoms with Crippen LogP contribution in [-0.4, -0.2) is 12.6 Å². The minimum atomic E-state index is -1.36. The molecule has 9 aromatic carbocycles. The molecule has 58 heavy (non-hydrogen) atoms. The van der Waals surface area contributed by atoms with Crippen molar-refractivity contribution in [3.05, 3.63) is 212 Å². The van der Waals surface area contributed by atoms with E-state index in [2.05, 4.69) is 241 Å². The van der Waals surface area contributed by atoms with Gasteiger partial charge in [-0.05, 0) is 117 Å². The Labute approximate surface area is 341 Å². The monoisotopic (exact) mass is 760 g/mol. The fraction of sp³-hybridized carbons (Fsp3) is 0.0545. The molecule has 0 aliphatic heterocycles. The molecule has 0 unspecified atom stereocenters. The van der Waals surface area contributed by atoms with E-state index >= 15 is 0 Å². The number of rotatable bonds is 8. The molecule has 0 aliphatic carbocycles. The molecule has 0 amide bonds. The van der Waals surface area contributed by atoms with Gasteiger partial charge in [-0.15, -0.1) is 0 Å². The summed E-state index contributed by atoms with van der Waals surface area (Å²) in [4.78, 5) is 2.37. The first-order valence-corrected chi connectivity index (χ1v) is 23.7. The molecule has 1 aromatic heterocycles. The first-order valence-electron chi connectivity index (χ1n) is 20.2. The number of fused-ring (bicyclic) bond motifs is 4. The number of aromatic nitrogens is 1. The maximum absolute atomic E-state index is 2.40. The van der Waals surface area contributed by atoms with E-state index in [0.29, 0.717) is 0 Å². The summed E-state index contributed by atoms with van der Waals surface area (Å²) in [7, 11) is -1.36. The number of hydrogen-bond donors (Lipinski definition) is 0. The van der Waals surface area contributed by atoms with Gasteiger partial charge >= 0.3 is 0 Å². The predicted molar refractivity (Wildman–Crippen MR) is 252 cm³/mol. The summed E-state index contributed by atoms with van der Waals surface area (Å²) in [6.45, 7) is 7.20. The van der Waals surface area contributed by atoms with Crippen LogP contribution in [0.2, 0.25) is 19.6 Å². The Bertz CT molecular complexity index is 3050. The fourth-order valence-corrected chi connectivity index (χ4v) is 9.57. The van der Waals surface area contributed by atoms with E-state index in [1.54, 1.807) is 0 Å². The largest absolute Gasteiger partial charge is 0.310 e. The molecular formula is C55H44N2Si. The zero-order valence-corrected chi connectivity index (χ0v) is 34.1. The zero-order chi connectivity index (χ0) is 39.2. The minimum Gasteiger partial charge on any atom is -0.310 e. The van der Waals surface area contributed by atoms with Crippen LogP contribution >= 0.6 is 0 Å². The van der Waals surface area contributed by atoms with Crippen LogP contribution in [0.1, 0.15) is 0 Å². The number of benzene rings is 9. The molecule has 2 nitrogen and oxygen atoms in total. The van der Waals surface area contributed by atoms with Gasteiger partial charge in [-0.1, -0.05) is 164 Å². The van der Waals surface area contributed by atoms with Crippen molar-refractivity contribution in [2.24, 2.45) is 0 Å². The summed E-state index contributed by atoms with van der Waals surface area (Å²) >= 11 is 0. The molecule has 1 heterocycles. The van der Waals surface area contributed by atoms with Crippen molar-refractivity contribution in [1.29, 1.82) is 0 Å². The predicted octanol–water partition coefficient (Wildman–Crippen LogP) is 15.0. The van der Waals surface area contributed by atoms with Gasteiger partial charge in [0.05, 0.1) is 19.1 Å². The van der Waals surface area contributed by atoms with E-state index in [0.717, 1.165) is 17.1 Å². The first-order chi connectivity index (χ1) is 28.4. The Balaban J connectivity index is 1.02. The maximum Gasteiger partial charge on any atom is 0.0775 e. The Morgan fingerprint density at radius 1 is 0.345 bits per heavy atom. The van der Waals surface area contributed by atoms with Crippen molar-refractivity contribution < 1.29 is 0 Å². The molecule has 10 aromatic rings. The molecule has 0 atom stereocenters. The van der Waals surface area contributed by atoms with Crippen LogP contribution in [0.15, 0.2) is 212 Å². The molecule has 0 N–H and O–H groups in total. The highest BCUT2D eigenvalue weighted by atomic mass is 28.3. The van der Waals surface area contributed by atoms with E-state index in [9.17, 15) is 0 Å². The summed E-state index contributed by atoms with van der Waals surface area (Å²) in [5.74, 6) is 0. The van der Waals surface area contributed by atoms with Gasteiger partial charge in [0.25, 0.3) is 0 Å². The lowest BCUT2D eigenvalue weighted by molar-refractivity contribution is 1.18. The van der Waals surface area contributed by atoms with E-state index in [1.807, 2.05) is 0 Å². The van der Waals surface area contributed by atoms with Crippen LogP contribution in [0.25, 0.3) is 71.6 Å². The van der Waals surface area contributed by atoms with E-state index < -0.39 is 8.07 Å². The highest BCUT2D eigenvalue weighted by Crippen LogP contribution is 2.40. The van der Waals surface area contributed by atoms with E-state index in [4.69, 9.17) is 0 Å². The number of anilines is 3.